The lowest BCUT2D eigenvalue weighted by Gasteiger charge is -2.15. The van der Waals surface area contributed by atoms with Gasteiger partial charge in [-0.15, -0.1) is 0 Å². The fraction of sp³-hybridized carbons (Fsp3) is 0.333. The minimum atomic E-state index is -1.10. The number of hydrogen-bond donors (Lipinski definition) is 2. The van der Waals surface area contributed by atoms with Crippen molar-refractivity contribution in [3.05, 3.63) is 59.7 Å². The minimum absolute atomic E-state index is 0.247. The Morgan fingerprint density at radius 2 is 1.81 bits per heavy atom. The largest absolute Gasteiger partial charge is 0.497 e. The summed E-state index contributed by atoms with van der Waals surface area (Å²) in [7, 11) is 1.54. The van der Waals surface area contributed by atoms with Gasteiger partial charge in [0.25, 0.3) is 0 Å². The lowest BCUT2D eigenvalue weighted by Crippen LogP contribution is -2.33. The zero-order chi connectivity index (χ0) is 19.6. The van der Waals surface area contributed by atoms with E-state index in [1.807, 2.05) is 31.2 Å². The number of aryl methyl sites for hydroxylation is 1. The summed E-state index contributed by atoms with van der Waals surface area (Å²) in [5.41, 5.74) is 1.63. The number of carboxylic acids is 1. The molecule has 2 aromatic carbocycles. The van der Waals surface area contributed by atoms with Crippen molar-refractivity contribution in [2.24, 2.45) is 0 Å². The maximum Gasteiger partial charge on any atom is 0.330 e. The quantitative estimate of drug-likeness (QED) is 0.625. The SMILES string of the molecule is COc1ccc(C(NC(=O)CCCCOc2cccc(C)c2)C(=O)O)cc1. The molecule has 2 aromatic rings. The molecule has 1 unspecified atom stereocenters. The molecule has 144 valence electrons. The van der Waals surface area contributed by atoms with Crippen LogP contribution in [0, 0.1) is 6.92 Å². The second kappa shape index (κ2) is 10.2. The van der Waals surface area contributed by atoms with Gasteiger partial charge in [-0.05, 0) is 55.2 Å². The van der Waals surface area contributed by atoms with Crippen LogP contribution in [0.4, 0.5) is 0 Å². The van der Waals surface area contributed by atoms with E-state index in [0.29, 0.717) is 30.8 Å². The predicted octanol–water partition coefficient (Wildman–Crippen LogP) is 3.49. The van der Waals surface area contributed by atoms with E-state index in [9.17, 15) is 14.7 Å². The summed E-state index contributed by atoms with van der Waals surface area (Å²) in [6.07, 6.45) is 1.57. The van der Waals surface area contributed by atoms with Crippen LogP contribution in [-0.2, 0) is 9.59 Å². The molecule has 0 saturated heterocycles. The van der Waals surface area contributed by atoms with Crippen LogP contribution in [0.1, 0.15) is 36.4 Å². The van der Waals surface area contributed by atoms with Gasteiger partial charge in [-0.1, -0.05) is 24.3 Å². The average molecular weight is 371 g/mol. The molecular weight excluding hydrogens is 346 g/mol. The van der Waals surface area contributed by atoms with Crippen molar-refractivity contribution in [3.63, 3.8) is 0 Å². The van der Waals surface area contributed by atoms with E-state index in [2.05, 4.69) is 5.32 Å². The molecule has 27 heavy (non-hydrogen) atoms. The Balaban J connectivity index is 1.76. The van der Waals surface area contributed by atoms with E-state index in [4.69, 9.17) is 9.47 Å². The van der Waals surface area contributed by atoms with Gasteiger partial charge in [-0.3, -0.25) is 4.79 Å². The van der Waals surface area contributed by atoms with E-state index < -0.39 is 12.0 Å². The van der Waals surface area contributed by atoms with Gasteiger partial charge >= 0.3 is 5.97 Å². The molecule has 1 amide bonds. The molecule has 0 spiro atoms. The Morgan fingerprint density at radius 1 is 1.07 bits per heavy atom. The summed E-state index contributed by atoms with van der Waals surface area (Å²) in [4.78, 5) is 23.6. The van der Waals surface area contributed by atoms with Gasteiger partial charge in [-0.2, -0.15) is 0 Å². The maximum atomic E-state index is 12.1. The van der Waals surface area contributed by atoms with Crippen LogP contribution in [0.15, 0.2) is 48.5 Å². The highest BCUT2D eigenvalue weighted by molar-refractivity contribution is 5.84. The molecule has 0 bridgehead atoms. The monoisotopic (exact) mass is 371 g/mol. The van der Waals surface area contributed by atoms with E-state index in [0.717, 1.165) is 11.3 Å². The topological polar surface area (TPSA) is 84.9 Å². The number of ether oxygens (including phenoxy) is 2. The molecule has 6 heteroatoms. The van der Waals surface area contributed by atoms with E-state index in [1.165, 1.54) is 7.11 Å². The number of carbonyl (C=O) groups excluding carboxylic acids is 1. The Labute approximate surface area is 159 Å². The Bertz CT molecular complexity index is 757. The molecule has 0 fully saturated rings. The van der Waals surface area contributed by atoms with Crippen LogP contribution < -0.4 is 14.8 Å². The summed E-state index contributed by atoms with van der Waals surface area (Å²) in [6, 6.07) is 13.3. The highest BCUT2D eigenvalue weighted by Gasteiger charge is 2.21. The number of methoxy groups -OCH3 is 1. The van der Waals surface area contributed by atoms with Gasteiger partial charge in [0, 0.05) is 6.42 Å². The number of unbranched alkanes of at least 4 members (excludes halogenated alkanes) is 1. The molecule has 0 radical (unpaired) electrons. The number of hydrogen-bond acceptors (Lipinski definition) is 4. The van der Waals surface area contributed by atoms with Crippen molar-refractivity contribution in [3.8, 4) is 11.5 Å². The first-order valence-electron chi connectivity index (χ1n) is 8.85. The molecule has 0 aliphatic rings. The first kappa shape index (κ1) is 20.3. The van der Waals surface area contributed by atoms with Gasteiger partial charge in [0.05, 0.1) is 13.7 Å². The number of rotatable bonds is 10. The molecule has 0 aromatic heterocycles. The molecule has 0 saturated carbocycles. The second-order valence-electron chi connectivity index (χ2n) is 6.23. The van der Waals surface area contributed by atoms with E-state index in [1.54, 1.807) is 24.3 Å². The number of carbonyl (C=O) groups is 2. The molecule has 0 aliphatic heterocycles. The predicted molar refractivity (Wildman–Crippen MR) is 102 cm³/mol. The van der Waals surface area contributed by atoms with Crippen LogP contribution in [-0.4, -0.2) is 30.7 Å². The number of benzene rings is 2. The molecule has 2 N–H and O–H groups in total. The standard InChI is InChI=1S/C21H25NO5/c1-15-6-5-7-18(14-15)27-13-4-3-8-19(23)22-20(21(24)25)16-9-11-17(26-2)12-10-16/h5-7,9-12,14,20H,3-4,8,13H2,1-2H3,(H,22,23)(H,24,25). The van der Waals surface area contributed by atoms with Crippen LogP contribution in [0.3, 0.4) is 0 Å². The third kappa shape index (κ3) is 6.66. The molecule has 0 aliphatic carbocycles. The van der Waals surface area contributed by atoms with E-state index in [-0.39, 0.29) is 12.3 Å². The Morgan fingerprint density at radius 3 is 2.44 bits per heavy atom. The highest BCUT2D eigenvalue weighted by atomic mass is 16.5. The number of aliphatic carboxylic acids is 1. The highest BCUT2D eigenvalue weighted by Crippen LogP contribution is 2.18. The van der Waals surface area contributed by atoms with Crippen LogP contribution in [0.2, 0.25) is 0 Å². The average Bonchev–Trinajstić information content (AvgIpc) is 2.66. The van der Waals surface area contributed by atoms with Crippen LogP contribution in [0.25, 0.3) is 0 Å². The zero-order valence-corrected chi connectivity index (χ0v) is 15.6. The number of amides is 1. The summed E-state index contributed by atoms with van der Waals surface area (Å²) in [5, 5.41) is 12.0. The van der Waals surface area contributed by atoms with Gasteiger partial charge in [-0.25, -0.2) is 4.79 Å². The first-order valence-corrected chi connectivity index (χ1v) is 8.85. The summed E-state index contributed by atoms with van der Waals surface area (Å²) in [5.74, 6) is 0.0396. The van der Waals surface area contributed by atoms with Gasteiger partial charge in [0.2, 0.25) is 5.91 Å². The molecular formula is C21H25NO5. The van der Waals surface area contributed by atoms with Crippen molar-refractivity contribution < 1.29 is 24.2 Å². The number of carboxylic acid groups (broad SMARTS) is 1. The van der Waals surface area contributed by atoms with Crippen molar-refractivity contribution in [2.45, 2.75) is 32.2 Å². The molecule has 1 atom stereocenters. The van der Waals surface area contributed by atoms with Gasteiger partial charge in [0.15, 0.2) is 6.04 Å². The van der Waals surface area contributed by atoms with Gasteiger partial charge < -0.3 is 19.9 Å². The minimum Gasteiger partial charge on any atom is -0.497 e. The van der Waals surface area contributed by atoms with Gasteiger partial charge in [0.1, 0.15) is 11.5 Å². The summed E-state index contributed by atoms with van der Waals surface area (Å²) < 4.78 is 10.7. The number of nitrogens with one attached hydrogen (secondary N) is 1. The smallest absolute Gasteiger partial charge is 0.330 e. The van der Waals surface area contributed by atoms with Crippen molar-refractivity contribution >= 4 is 11.9 Å². The van der Waals surface area contributed by atoms with Crippen LogP contribution >= 0.6 is 0 Å². The summed E-state index contributed by atoms with van der Waals surface area (Å²) in [6.45, 7) is 2.51. The maximum absolute atomic E-state index is 12.1. The second-order valence-corrected chi connectivity index (χ2v) is 6.23. The normalized spacial score (nSPS) is 11.5. The molecule has 6 nitrogen and oxygen atoms in total. The van der Waals surface area contributed by atoms with Crippen molar-refractivity contribution in [2.75, 3.05) is 13.7 Å². The van der Waals surface area contributed by atoms with Crippen molar-refractivity contribution in [1.82, 2.24) is 5.32 Å². The molecule has 2 rings (SSSR count). The Hall–Kier alpha value is -3.02. The zero-order valence-electron chi connectivity index (χ0n) is 15.6. The lowest BCUT2D eigenvalue weighted by molar-refractivity contribution is -0.142. The third-order valence-corrected chi connectivity index (χ3v) is 4.06. The molecule has 0 heterocycles. The fourth-order valence-electron chi connectivity index (χ4n) is 2.60. The summed E-state index contributed by atoms with van der Waals surface area (Å²) >= 11 is 0. The van der Waals surface area contributed by atoms with Crippen molar-refractivity contribution in [1.29, 1.82) is 0 Å². The van der Waals surface area contributed by atoms with E-state index >= 15 is 0 Å². The first-order chi connectivity index (χ1) is 13.0. The lowest BCUT2D eigenvalue weighted by atomic mass is 10.1. The Kier molecular flexibility index (Phi) is 7.67. The third-order valence-electron chi connectivity index (χ3n) is 4.06. The fourth-order valence-corrected chi connectivity index (χ4v) is 2.60. The van der Waals surface area contributed by atoms with Crippen LogP contribution in [0.5, 0.6) is 11.5 Å².